The van der Waals surface area contributed by atoms with Crippen LogP contribution in [0.4, 0.5) is 17.1 Å². The van der Waals surface area contributed by atoms with E-state index in [1.807, 2.05) is 24.3 Å². The molecule has 11 rings (SSSR count). The van der Waals surface area contributed by atoms with Crippen molar-refractivity contribution >= 4 is 71.6 Å². The summed E-state index contributed by atoms with van der Waals surface area (Å²) in [5.41, 5.74) is 12.9. The highest BCUT2D eigenvalue weighted by atomic mass is 16.3. The molecule has 4 nitrogen and oxygen atoms in total. The zero-order chi connectivity index (χ0) is 37.0. The Balaban J connectivity index is 1.02. The molecule has 0 spiro atoms. The number of para-hydroxylation sites is 2. The number of fused-ring (bicyclic) bond motifs is 8. The number of furan rings is 1. The summed E-state index contributed by atoms with van der Waals surface area (Å²) in [7, 11) is 0. The van der Waals surface area contributed by atoms with Crippen LogP contribution >= 0.6 is 0 Å². The third kappa shape index (κ3) is 5.39. The fraction of sp³-hybridized carbons (Fsp3) is 0. The van der Waals surface area contributed by atoms with Gasteiger partial charge in [0.15, 0.2) is 0 Å². The summed E-state index contributed by atoms with van der Waals surface area (Å²) in [5.74, 6) is 0. The molecular weight excluding hydrogens is 683 g/mol. The maximum absolute atomic E-state index is 6.50. The molecule has 0 bridgehead atoms. The quantitative estimate of drug-likeness (QED) is 0.161. The SMILES string of the molecule is c1ccc(-c2nc3ccc4ccc5cc(-c6ccc7oc8cc(N(c9ccccc9)c9ccccc9)ccc8c7c6)ccc5c4c3nc2-c2ccccc2)cc1. The van der Waals surface area contributed by atoms with E-state index in [9.17, 15) is 0 Å². The average Bonchev–Trinajstić information content (AvgIpc) is 3.64. The predicted octanol–water partition coefficient (Wildman–Crippen LogP) is 14.3. The molecule has 4 heteroatoms. The lowest BCUT2D eigenvalue weighted by Crippen LogP contribution is -2.09. The standard InChI is InChI=1S/C52H33N3O/c1-5-13-35(14-6-1)50-51(36-15-7-2-8-16-36)54-52-46(53-50)29-24-34-21-22-39-31-37(23-27-43(39)49(34)52)38-25-30-47-45(32-38)44-28-26-42(33-48(44)56-47)55(40-17-9-3-10-18-40)41-19-11-4-12-20-41/h1-33H. The van der Waals surface area contributed by atoms with Gasteiger partial charge in [0.25, 0.3) is 0 Å². The Hall–Kier alpha value is -7.56. The molecule has 262 valence electrons. The minimum atomic E-state index is 0.856. The summed E-state index contributed by atoms with van der Waals surface area (Å²) in [4.78, 5) is 12.9. The molecule has 9 aromatic carbocycles. The average molecular weight is 716 g/mol. The van der Waals surface area contributed by atoms with Crippen LogP contribution in [0.25, 0.3) is 88.2 Å². The van der Waals surface area contributed by atoms with Crippen molar-refractivity contribution in [3.8, 4) is 33.6 Å². The Morgan fingerprint density at radius 3 is 1.62 bits per heavy atom. The second kappa shape index (κ2) is 13.1. The zero-order valence-corrected chi connectivity index (χ0v) is 30.3. The Labute approximate surface area is 323 Å². The summed E-state index contributed by atoms with van der Waals surface area (Å²) in [6.45, 7) is 0. The van der Waals surface area contributed by atoms with E-state index >= 15 is 0 Å². The molecule has 0 aliphatic heterocycles. The van der Waals surface area contributed by atoms with Crippen LogP contribution in [0.2, 0.25) is 0 Å². The van der Waals surface area contributed by atoms with Gasteiger partial charge in [0.2, 0.25) is 0 Å². The third-order valence-corrected chi connectivity index (χ3v) is 10.8. The fourth-order valence-electron chi connectivity index (χ4n) is 8.13. The van der Waals surface area contributed by atoms with Gasteiger partial charge >= 0.3 is 0 Å². The second-order valence-corrected chi connectivity index (χ2v) is 14.2. The number of hydrogen-bond donors (Lipinski definition) is 0. The number of benzene rings is 9. The van der Waals surface area contributed by atoms with E-state index in [-0.39, 0.29) is 0 Å². The lowest BCUT2D eigenvalue weighted by atomic mass is 9.95. The molecule has 0 radical (unpaired) electrons. The van der Waals surface area contributed by atoms with Crippen molar-refractivity contribution in [2.75, 3.05) is 4.90 Å². The highest BCUT2D eigenvalue weighted by molar-refractivity contribution is 6.19. The summed E-state index contributed by atoms with van der Waals surface area (Å²) in [6, 6.07) is 70.1. The number of hydrogen-bond acceptors (Lipinski definition) is 4. The van der Waals surface area contributed by atoms with Crippen LogP contribution in [0.1, 0.15) is 0 Å². The zero-order valence-electron chi connectivity index (χ0n) is 30.3. The van der Waals surface area contributed by atoms with Gasteiger partial charge in [0.05, 0.1) is 22.4 Å². The molecule has 0 unspecified atom stereocenters. The lowest BCUT2D eigenvalue weighted by molar-refractivity contribution is 0.669. The van der Waals surface area contributed by atoms with Crippen LogP contribution in [0.15, 0.2) is 205 Å². The molecule has 0 saturated heterocycles. The summed E-state index contributed by atoms with van der Waals surface area (Å²) in [5, 5.41) is 6.75. The van der Waals surface area contributed by atoms with Gasteiger partial charge in [-0.15, -0.1) is 0 Å². The van der Waals surface area contributed by atoms with Crippen LogP contribution < -0.4 is 4.90 Å². The number of nitrogens with zero attached hydrogens (tertiary/aromatic N) is 3. The minimum absolute atomic E-state index is 0.856. The molecule has 0 fully saturated rings. The van der Waals surface area contributed by atoms with Crippen LogP contribution in [0.5, 0.6) is 0 Å². The Bertz CT molecular complexity index is 3190. The normalized spacial score (nSPS) is 11.6. The Morgan fingerprint density at radius 1 is 0.357 bits per heavy atom. The second-order valence-electron chi connectivity index (χ2n) is 14.2. The van der Waals surface area contributed by atoms with Gasteiger partial charge < -0.3 is 9.32 Å². The van der Waals surface area contributed by atoms with Crippen LogP contribution in [-0.4, -0.2) is 9.97 Å². The van der Waals surface area contributed by atoms with Gasteiger partial charge in [0, 0.05) is 50.4 Å². The van der Waals surface area contributed by atoms with Crippen LogP contribution in [0, 0.1) is 0 Å². The van der Waals surface area contributed by atoms with E-state index in [1.165, 1.54) is 0 Å². The van der Waals surface area contributed by atoms with Crippen molar-refractivity contribution in [3.05, 3.63) is 200 Å². The molecule has 0 N–H and O–H groups in total. The van der Waals surface area contributed by atoms with Gasteiger partial charge in [0.1, 0.15) is 11.2 Å². The topological polar surface area (TPSA) is 42.2 Å². The molecule has 56 heavy (non-hydrogen) atoms. The summed E-state index contributed by atoms with van der Waals surface area (Å²) in [6.07, 6.45) is 0. The Morgan fingerprint density at radius 2 is 0.929 bits per heavy atom. The smallest absolute Gasteiger partial charge is 0.137 e. The molecule has 2 aromatic heterocycles. The molecule has 11 aromatic rings. The van der Waals surface area contributed by atoms with Crippen molar-refractivity contribution in [1.29, 1.82) is 0 Å². The molecule has 2 heterocycles. The summed E-state index contributed by atoms with van der Waals surface area (Å²) >= 11 is 0. The van der Waals surface area contributed by atoms with Crippen LogP contribution in [0.3, 0.4) is 0 Å². The molecule has 0 amide bonds. The molecule has 0 aliphatic rings. The monoisotopic (exact) mass is 715 g/mol. The van der Waals surface area contributed by atoms with Crippen molar-refractivity contribution in [2.45, 2.75) is 0 Å². The first-order valence-corrected chi connectivity index (χ1v) is 18.9. The van der Waals surface area contributed by atoms with E-state index < -0.39 is 0 Å². The largest absolute Gasteiger partial charge is 0.456 e. The third-order valence-electron chi connectivity index (χ3n) is 10.8. The maximum Gasteiger partial charge on any atom is 0.137 e. The Kier molecular flexibility index (Phi) is 7.46. The first-order chi connectivity index (χ1) is 27.7. The van der Waals surface area contributed by atoms with E-state index in [4.69, 9.17) is 14.4 Å². The van der Waals surface area contributed by atoms with Gasteiger partial charge in [-0.1, -0.05) is 133 Å². The molecular formula is C52H33N3O. The van der Waals surface area contributed by atoms with E-state index in [2.05, 4.69) is 181 Å². The van der Waals surface area contributed by atoms with Crippen molar-refractivity contribution < 1.29 is 4.42 Å². The van der Waals surface area contributed by atoms with E-state index in [0.717, 1.165) is 105 Å². The van der Waals surface area contributed by atoms with E-state index in [0.29, 0.717) is 0 Å². The first-order valence-electron chi connectivity index (χ1n) is 18.9. The van der Waals surface area contributed by atoms with Crippen LogP contribution in [-0.2, 0) is 0 Å². The van der Waals surface area contributed by atoms with Crippen molar-refractivity contribution in [1.82, 2.24) is 9.97 Å². The fourth-order valence-corrected chi connectivity index (χ4v) is 8.13. The number of aromatic nitrogens is 2. The first kappa shape index (κ1) is 31.9. The maximum atomic E-state index is 6.50. The van der Waals surface area contributed by atoms with Gasteiger partial charge in [-0.2, -0.15) is 0 Å². The van der Waals surface area contributed by atoms with Gasteiger partial charge in [-0.3, -0.25) is 0 Å². The minimum Gasteiger partial charge on any atom is -0.456 e. The summed E-state index contributed by atoms with van der Waals surface area (Å²) < 4.78 is 6.50. The van der Waals surface area contributed by atoms with Crippen molar-refractivity contribution in [2.24, 2.45) is 0 Å². The highest BCUT2D eigenvalue weighted by Crippen LogP contribution is 2.41. The number of rotatable bonds is 6. The van der Waals surface area contributed by atoms with Gasteiger partial charge in [-0.05, 0) is 87.9 Å². The van der Waals surface area contributed by atoms with E-state index in [1.54, 1.807) is 0 Å². The van der Waals surface area contributed by atoms with Gasteiger partial charge in [-0.25, -0.2) is 9.97 Å². The predicted molar refractivity (Wildman–Crippen MR) is 233 cm³/mol. The molecule has 0 aliphatic carbocycles. The van der Waals surface area contributed by atoms with Crippen molar-refractivity contribution in [3.63, 3.8) is 0 Å². The molecule has 0 atom stereocenters. The molecule has 0 saturated carbocycles. The highest BCUT2D eigenvalue weighted by Gasteiger charge is 2.18. The number of anilines is 3. The lowest BCUT2D eigenvalue weighted by Gasteiger charge is -2.25.